The van der Waals surface area contributed by atoms with Gasteiger partial charge in [-0.15, -0.1) is 0 Å². The van der Waals surface area contributed by atoms with E-state index in [0.717, 1.165) is 0 Å². The van der Waals surface area contributed by atoms with Crippen LogP contribution in [0.25, 0.3) is 0 Å². The van der Waals surface area contributed by atoms with Crippen LogP contribution in [0.1, 0.15) is 0 Å². The zero-order chi connectivity index (χ0) is 20.0. The Hall–Kier alpha value is -2.46. The zero-order valence-electron chi connectivity index (χ0n) is 14.4. The summed E-state index contributed by atoms with van der Waals surface area (Å²) in [5.41, 5.74) is 0. The fraction of sp³-hybridized carbons (Fsp3) is 0.118. The Labute approximate surface area is 172 Å². The number of hydrogen-bond acceptors (Lipinski definition) is 7. The van der Waals surface area contributed by atoms with Crippen LogP contribution in [0.2, 0.25) is 10.0 Å². The van der Waals surface area contributed by atoms with E-state index in [0.29, 0.717) is 24.0 Å². The summed E-state index contributed by atoms with van der Waals surface area (Å²) in [4.78, 5) is 12.3. The van der Waals surface area contributed by atoms with E-state index in [1.807, 2.05) is 18.2 Å². The fourth-order valence-corrected chi connectivity index (χ4v) is 4.02. The van der Waals surface area contributed by atoms with Gasteiger partial charge in [0.25, 0.3) is 0 Å². The van der Waals surface area contributed by atoms with Crippen molar-refractivity contribution >= 4 is 50.7 Å². The van der Waals surface area contributed by atoms with Crippen molar-refractivity contribution in [2.24, 2.45) is 0 Å². The number of nitrogens with one attached hydrogen (secondary N) is 3. The summed E-state index contributed by atoms with van der Waals surface area (Å²) in [6, 6.07) is 11.4. The van der Waals surface area contributed by atoms with Gasteiger partial charge in [-0.1, -0.05) is 29.3 Å². The second kappa shape index (κ2) is 9.16. The summed E-state index contributed by atoms with van der Waals surface area (Å²) in [5, 5.41) is 6.47. The molecule has 146 valence electrons. The molecule has 2 aromatic heterocycles. The number of benzene rings is 1. The van der Waals surface area contributed by atoms with E-state index < -0.39 is 10.0 Å². The maximum Gasteiger partial charge on any atom is 0.242 e. The predicted molar refractivity (Wildman–Crippen MR) is 110 cm³/mol. The first-order valence-electron chi connectivity index (χ1n) is 8.13. The minimum absolute atomic E-state index is 0.0643. The van der Waals surface area contributed by atoms with Crippen LogP contribution < -0.4 is 15.4 Å². The first kappa shape index (κ1) is 20.3. The van der Waals surface area contributed by atoms with Gasteiger partial charge in [0, 0.05) is 30.4 Å². The van der Waals surface area contributed by atoms with Crippen molar-refractivity contribution in [3.63, 3.8) is 0 Å². The highest BCUT2D eigenvalue weighted by atomic mass is 35.5. The van der Waals surface area contributed by atoms with Gasteiger partial charge in [0.2, 0.25) is 10.0 Å². The van der Waals surface area contributed by atoms with Crippen molar-refractivity contribution in [3.05, 3.63) is 65.0 Å². The molecule has 28 heavy (non-hydrogen) atoms. The molecule has 0 aliphatic heterocycles. The van der Waals surface area contributed by atoms with Gasteiger partial charge in [-0.3, -0.25) is 0 Å². The molecule has 8 nitrogen and oxygen atoms in total. The Kier molecular flexibility index (Phi) is 6.63. The lowest BCUT2D eigenvalue weighted by atomic mass is 10.4. The molecule has 0 amide bonds. The Morgan fingerprint density at radius 2 is 1.71 bits per heavy atom. The number of anilines is 3. The lowest BCUT2D eigenvalue weighted by molar-refractivity contribution is 0.583. The third kappa shape index (κ3) is 5.52. The van der Waals surface area contributed by atoms with Crippen LogP contribution in [0.5, 0.6) is 0 Å². The molecule has 0 fully saturated rings. The standard InChI is InChI=1S/C17H16Cl2N6O2S/c18-12-4-5-13(19)14(9-12)28(26,27)24-8-7-21-16-10-17(23-11-22-16)25-15-3-1-2-6-20-15/h1-6,9-11,24H,7-8H2,(H2,20,21,22,23,25). The van der Waals surface area contributed by atoms with Crippen molar-refractivity contribution in [3.8, 4) is 0 Å². The van der Waals surface area contributed by atoms with Gasteiger partial charge in [0.05, 0.1) is 5.02 Å². The average molecular weight is 439 g/mol. The molecular formula is C17H16Cl2N6O2S. The minimum Gasteiger partial charge on any atom is -0.369 e. The van der Waals surface area contributed by atoms with Crippen LogP contribution in [0, 0.1) is 0 Å². The summed E-state index contributed by atoms with van der Waals surface area (Å²) in [6.07, 6.45) is 3.06. The third-order valence-corrected chi connectivity index (χ3v) is 5.67. The number of halogens is 2. The molecule has 0 spiro atoms. The largest absolute Gasteiger partial charge is 0.369 e. The summed E-state index contributed by atoms with van der Waals surface area (Å²) in [5.74, 6) is 1.74. The van der Waals surface area contributed by atoms with E-state index in [2.05, 4.69) is 30.3 Å². The van der Waals surface area contributed by atoms with Crippen LogP contribution in [-0.2, 0) is 10.0 Å². The molecular weight excluding hydrogens is 423 g/mol. The van der Waals surface area contributed by atoms with Gasteiger partial charge < -0.3 is 10.6 Å². The second-order valence-electron chi connectivity index (χ2n) is 5.53. The molecule has 0 aliphatic carbocycles. The van der Waals surface area contributed by atoms with E-state index in [4.69, 9.17) is 23.2 Å². The molecule has 3 aromatic rings. The Bertz CT molecular complexity index is 1050. The number of aromatic nitrogens is 3. The first-order chi connectivity index (χ1) is 13.4. The second-order valence-corrected chi connectivity index (χ2v) is 8.11. The quantitative estimate of drug-likeness (QED) is 0.462. The Morgan fingerprint density at radius 1 is 0.893 bits per heavy atom. The SMILES string of the molecule is O=S(=O)(NCCNc1cc(Nc2ccccn2)ncn1)c1cc(Cl)ccc1Cl. The van der Waals surface area contributed by atoms with Crippen molar-refractivity contribution in [1.29, 1.82) is 0 Å². The highest BCUT2D eigenvalue weighted by Gasteiger charge is 2.17. The smallest absolute Gasteiger partial charge is 0.242 e. The molecule has 0 saturated heterocycles. The van der Waals surface area contributed by atoms with Crippen LogP contribution in [-0.4, -0.2) is 36.5 Å². The summed E-state index contributed by atoms with van der Waals surface area (Å²) in [7, 11) is -3.78. The summed E-state index contributed by atoms with van der Waals surface area (Å²) >= 11 is 11.8. The molecule has 0 atom stereocenters. The minimum atomic E-state index is -3.78. The molecule has 0 unspecified atom stereocenters. The third-order valence-electron chi connectivity index (χ3n) is 3.49. The van der Waals surface area contributed by atoms with Gasteiger partial charge in [-0.25, -0.2) is 28.1 Å². The van der Waals surface area contributed by atoms with Gasteiger partial charge in [-0.05, 0) is 30.3 Å². The first-order valence-corrected chi connectivity index (χ1v) is 10.4. The maximum atomic E-state index is 12.3. The van der Waals surface area contributed by atoms with Crippen LogP contribution >= 0.6 is 23.2 Å². The number of pyridine rings is 1. The van der Waals surface area contributed by atoms with Crippen LogP contribution in [0.15, 0.2) is 59.9 Å². The normalized spacial score (nSPS) is 11.2. The van der Waals surface area contributed by atoms with Crippen molar-refractivity contribution in [2.75, 3.05) is 23.7 Å². The number of hydrogen-bond donors (Lipinski definition) is 3. The van der Waals surface area contributed by atoms with Gasteiger partial charge in [0.15, 0.2) is 0 Å². The van der Waals surface area contributed by atoms with E-state index in [1.54, 1.807) is 12.3 Å². The van der Waals surface area contributed by atoms with E-state index in [9.17, 15) is 8.42 Å². The fourth-order valence-electron chi connectivity index (χ4n) is 2.23. The molecule has 0 aliphatic rings. The van der Waals surface area contributed by atoms with Crippen molar-refractivity contribution < 1.29 is 8.42 Å². The van der Waals surface area contributed by atoms with Gasteiger partial charge >= 0.3 is 0 Å². The number of rotatable bonds is 8. The molecule has 3 N–H and O–H groups in total. The number of sulfonamides is 1. The Morgan fingerprint density at radius 3 is 2.50 bits per heavy atom. The molecule has 1 aromatic carbocycles. The lowest BCUT2D eigenvalue weighted by Crippen LogP contribution is -2.29. The molecule has 0 saturated carbocycles. The van der Waals surface area contributed by atoms with E-state index in [-0.39, 0.29) is 21.5 Å². The molecule has 0 radical (unpaired) electrons. The molecule has 2 heterocycles. The van der Waals surface area contributed by atoms with E-state index >= 15 is 0 Å². The Balaban J connectivity index is 1.55. The van der Waals surface area contributed by atoms with Crippen molar-refractivity contribution in [2.45, 2.75) is 4.90 Å². The zero-order valence-corrected chi connectivity index (χ0v) is 16.8. The summed E-state index contributed by atoms with van der Waals surface area (Å²) < 4.78 is 27.2. The predicted octanol–water partition coefficient (Wildman–Crippen LogP) is 3.31. The van der Waals surface area contributed by atoms with Crippen LogP contribution in [0.3, 0.4) is 0 Å². The van der Waals surface area contributed by atoms with Gasteiger partial charge in [0.1, 0.15) is 28.7 Å². The summed E-state index contributed by atoms with van der Waals surface area (Å²) in [6.45, 7) is 0.426. The average Bonchev–Trinajstić information content (AvgIpc) is 2.68. The topological polar surface area (TPSA) is 109 Å². The monoisotopic (exact) mass is 438 g/mol. The van der Waals surface area contributed by atoms with E-state index in [1.165, 1.54) is 24.5 Å². The lowest BCUT2D eigenvalue weighted by Gasteiger charge is -2.10. The molecule has 3 rings (SSSR count). The van der Waals surface area contributed by atoms with Crippen LogP contribution in [0.4, 0.5) is 17.5 Å². The number of nitrogens with zero attached hydrogens (tertiary/aromatic N) is 3. The maximum absolute atomic E-state index is 12.3. The highest BCUT2D eigenvalue weighted by Crippen LogP contribution is 2.24. The highest BCUT2D eigenvalue weighted by molar-refractivity contribution is 7.89. The molecule has 11 heteroatoms. The van der Waals surface area contributed by atoms with Gasteiger partial charge in [-0.2, -0.15) is 0 Å². The molecule has 0 bridgehead atoms. The van der Waals surface area contributed by atoms with Crippen molar-refractivity contribution in [1.82, 2.24) is 19.7 Å².